The highest BCUT2D eigenvalue weighted by molar-refractivity contribution is 9.10. The fraction of sp³-hybridized carbons (Fsp3) is 0.100. The van der Waals surface area contributed by atoms with Crippen LogP contribution >= 0.6 is 15.9 Å². The van der Waals surface area contributed by atoms with E-state index in [9.17, 15) is 4.79 Å². The Morgan fingerprint density at radius 3 is 2.59 bits per heavy atom. The Morgan fingerprint density at radius 1 is 1.15 bits per heavy atom. The molecule has 0 saturated heterocycles. The van der Waals surface area contributed by atoms with Crippen LogP contribution in [0.4, 0.5) is 5.69 Å². The first kappa shape index (κ1) is 17.4. The number of amides is 1. The highest BCUT2D eigenvalue weighted by Crippen LogP contribution is 2.27. The molecule has 0 aliphatic carbocycles. The van der Waals surface area contributed by atoms with E-state index in [4.69, 9.17) is 14.1 Å². The van der Waals surface area contributed by atoms with Gasteiger partial charge in [-0.1, -0.05) is 0 Å². The minimum atomic E-state index is -0.312. The van der Waals surface area contributed by atoms with E-state index in [1.807, 2.05) is 53.9 Å². The molecule has 0 aliphatic rings. The van der Waals surface area contributed by atoms with Gasteiger partial charge in [-0.05, 0) is 71.4 Å². The number of pyridine rings is 1. The fourth-order valence-corrected chi connectivity index (χ4v) is 3.19. The first-order chi connectivity index (χ1) is 13.0. The van der Waals surface area contributed by atoms with Crippen molar-refractivity contribution in [1.82, 2.24) is 9.38 Å². The number of hydrogen-bond donors (Lipinski definition) is 1. The SMILES string of the molecule is COc1ccc(-c2nc3ccc(NC(=O)c4ccc(Br)o4)cn3c2C)cc1. The van der Waals surface area contributed by atoms with Gasteiger partial charge in [0, 0.05) is 17.5 Å². The maximum Gasteiger partial charge on any atom is 0.291 e. The van der Waals surface area contributed by atoms with E-state index >= 15 is 0 Å². The number of ether oxygens (including phenoxy) is 1. The first-order valence-corrected chi connectivity index (χ1v) is 9.04. The third-order valence-corrected chi connectivity index (χ3v) is 4.70. The number of furan rings is 1. The second kappa shape index (κ2) is 6.92. The van der Waals surface area contributed by atoms with Crippen molar-refractivity contribution in [3.05, 3.63) is 70.9 Å². The standard InChI is InChI=1S/C20H16BrN3O3/c1-12-19(13-3-6-15(26-2)7-4-13)23-18-10-5-14(11-24(12)18)22-20(25)16-8-9-17(21)27-16/h3-11H,1-2H3,(H,22,25). The van der Waals surface area contributed by atoms with Gasteiger partial charge in [-0.2, -0.15) is 0 Å². The van der Waals surface area contributed by atoms with Crippen LogP contribution in [-0.4, -0.2) is 22.4 Å². The van der Waals surface area contributed by atoms with E-state index < -0.39 is 0 Å². The Balaban J connectivity index is 1.66. The number of fused-ring (bicyclic) bond motifs is 1. The Labute approximate surface area is 163 Å². The molecule has 3 aromatic heterocycles. The second-order valence-electron chi connectivity index (χ2n) is 5.98. The number of nitrogens with one attached hydrogen (secondary N) is 1. The summed E-state index contributed by atoms with van der Waals surface area (Å²) < 4.78 is 13.0. The molecule has 4 rings (SSSR count). The van der Waals surface area contributed by atoms with Crippen LogP contribution in [0.1, 0.15) is 16.2 Å². The van der Waals surface area contributed by atoms with Gasteiger partial charge in [0.05, 0.1) is 18.5 Å². The lowest BCUT2D eigenvalue weighted by atomic mass is 10.1. The molecule has 0 bridgehead atoms. The summed E-state index contributed by atoms with van der Waals surface area (Å²) in [6.07, 6.45) is 1.85. The third kappa shape index (κ3) is 3.33. The molecule has 27 heavy (non-hydrogen) atoms. The number of anilines is 1. The van der Waals surface area contributed by atoms with Gasteiger partial charge < -0.3 is 18.9 Å². The van der Waals surface area contributed by atoms with Crippen LogP contribution in [0.2, 0.25) is 0 Å². The van der Waals surface area contributed by atoms with Crippen LogP contribution < -0.4 is 10.1 Å². The molecule has 0 fully saturated rings. The zero-order valence-electron chi connectivity index (χ0n) is 14.7. The van der Waals surface area contributed by atoms with Crippen molar-refractivity contribution in [2.45, 2.75) is 6.92 Å². The molecular formula is C20H16BrN3O3. The monoisotopic (exact) mass is 425 g/mol. The van der Waals surface area contributed by atoms with Gasteiger partial charge in [0.15, 0.2) is 10.4 Å². The molecule has 3 heterocycles. The fourth-order valence-electron chi connectivity index (χ4n) is 2.89. The molecule has 136 valence electrons. The van der Waals surface area contributed by atoms with Crippen LogP contribution in [0.25, 0.3) is 16.9 Å². The van der Waals surface area contributed by atoms with Crippen molar-refractivity contribution in [3.63, 3.8) is 0 Å². The van der Waals surface area contributed by atoms with E-state index in [1.165, 1.54) is 0 Å². The first-order valence-electron chi connectivity index (χ1n) is 8.25. The third-order valence-electron chi connectivity index (χ3n) is 4.28. The van der Waals surface area contributed by atoms with Gasteiger partial charge in [-0.3, -0.25) is 4.79 Å². The molecule has 0 unspecified atom stereocenters. The molecule has 6 nitrogen and oxygen atoms in total. The topological polar surface area (TPSA) is 68.8 Å². The summed E-state index contributed by atoms with van der Waals surface area (Å²) in [5.41, 5.74) is 4.32. The zero-order valence-corrected chi connectivity index (χ0v) is 16.3. The number of imidazole rings is 1. The minimum absolute atomic E-state index is 0.239. The van der Waals surface area contributed by atoms with Crippen LogP contribution in [-0.2, 0) is 0 Å². The lowest BCUT2D eigenvalue weighted by molar-refractivity contribution is 0.0995. The van der Waals surface area contributed by atoms with Crippen LogP contribution in [0, 0.1) is 6.92 Å². The summed E-state index contributed by atoms with van der Waals surface area (Å²) in [4.78, 5) is 17.0. The van der Waals surface area contributed by atoms with E-state index in [0.717, 1.165) is 28.3 Å². The molecule has 1 amide bonds. The average Bonchev–Trinajstić information content (AvgIpc) is 3.26. The van der Waals surface area contributed by atoms with Crippen molar-refractivity contribution in [3.8, 4) is 17.0 Å². The van der Waals surface area contributed by atoms with Crippen LogP contribution in [0.5, 0.6) is 5.75 Å². The predicted molar refractivity (Wildman–Crippen MR) is 106 cm³/mol. The van der Waals surface area contributed by atoms with Gasteiger partial charge in [0.25, 0.3) is 5.91 Å². The summed E-state index contributed by atoms with van der Waals surface area (Å²) in [5.74, 6) is 0.728. The molecule has 0 atom stereocenters. The van der Waals surface area contributed by atoms with Gasteiger partial charge in [0.1, 0.15) is 11.4 Å². The van der Waals surface area contributed by atoms with Gasteiger partial charge >= 0.3 is 0 Å². The molecule has 0 radical (unpaired) electrons. The van der Waals surface area contributed by atoms with Crippen molar-refractivity contribution < 1.29 is 13.9 Å². The molecule has 0 saturated carbocycles. The number of carbonyl (C=O) groups is 1. The van der Waals surface area contributed by atoms with E-state index in [0.29, 0.717) is 10.4 Å². The summed E-state index contributed by atoms with van der Waals surface area (Å²) in [7, 11) is 1.64. The van der Waals surface area contributed by atoms with E-state index in [1.54, 1.807) is 19.2 Å². The lowest BCUT2D eigenvalue weighted by Crippen LogP contribution is -2.11. The maximum atomic E-state index is 12.3. The van der Waals surface area contributed by atoms with Gasteiger partial charge in [-0.25, -0.2) is 4.98 Å². The molecule has 0 aliphatic heterocycles. The predicted octanol–water partition coefficient (Wildman–Crippen LogP) is 4.93. The molecule has 0 spiro atoms. The molecule has 7 heteroatoms. The summed E-state index contributed by atoms with van der Waals surface area (Å²) in [6.45, 7) is 1.99. The number of halogens is 1. The normalized spacial score (nSPS) is 10.9. The van der Waals surface area contributed by atoms with E-state index in [-0.39, 0.29) is 11.7 Å². The van der Waals surface area contributed by atoms with Crippen molar-refractivity contribution >= 4 is 33.2 Å². The zero-order chi connectivity index (χ0) is 19.0. The van der Waals surface area contributed by atoms with Gasteiger partial charge in [-0.15, -0.1) is 0 Å². The Bertz CT molecular complexity index is 1130. The van der Waals surface area contributed by atoms with Crippen molar-refractivity contribution in [2.24, 2.45) is 0 Å². The largest absolute Gasteiger partial charge is 0.497 e. The number of aromatic nitrogens is 2. The average molecular weight is 426 g/mol. The highest BCUT2D eigenvalue weighted by Gasteiger charge is 2.14. The maximum absolute atomic E-state index is 12.3. The Morgan fingerprint density at radius 2 is 1.93 bits per heavy atom. The minimum Gasteiger partial charge on any atom is -0.497 e. The number of carbonyl (C=O) groups excluding carboxylic acids is 1. The Kier molecular flexibility index (Phi) is 4.45. The smallest absolute Gasteiger partial charge is 0.291 e. The van der Waals surface area contributed by atoms with Crippen molar-refractivity contribution in [1.29, 1.82) is 0 Å². The van der Waals surface area contributed by atoms with Crippen LogP contribution in [0.15, 0.2) is 63.8 Å². The molecule has 1 aromatic carbocycles. The highest BCUT2D eigenvalue weighted by atomic mass is 79.9. The number of hydrogen-bond acceptors (Lipinski definition) is 4. The molecular weight excluding hydrogens is 410 g/mol. The second-order valence-corrected chi connectivity index (χ2v) is 6.76. The number of benzene rings is 1. The number of rotatable bonds is 4. The molecule has 1 N–H and O–H groups in total. The summed E-state index contributed by atoms with van der Waals surface area (Å²) in [5, 5.41) is 2.84. The number of methoxy groups -OCH3 is 1. The summed E-state index contributed by atoms with van der Waals surface area (Å²) in [6, 6.07) is 14.7. The van der Waals surface area contributed by atoms with Crippen molar-refractivity contribution in [2.75, 3.05) is 12.4 Å². The number of nitrogens with zero attached hydrogens (tertiary/aromatic N) is 2. The lowest BCUT2D eigenvalue weighted by Gasteiger charge is -2.05. The van der Waals surface area contributed by atoms with Gasteiger partial charge in [0.2, 0.25) is 0 Å². The molecule has 4 aromatic rings. The van der Waals surface area contributed by atoms with E-state index in [2.05, 4.69) is 21.2 Å². The van der Waals surface area contributed by atoms with Crippen LogP contribution in [0.3, 0.4) is 0 Å². The number of aryl methyl sites for hydroxylation is 1. The quantitative estimate of drug-likeness (QED) is 0.503. The summed E-state index contributed by atoms with van der Waals surface area (Å²) >= 11 is 3.19. The Hall–Kier alpha value is -3.06.